The number of benzene rings is 2. The Kier molecular flexibility index (Phi) is 7.08. The summed E-state index contributed by atoms with van der Waals surface area (Å²) in [5.41, 5.74) is 1.68. The number of esters is 1. The van der Waals surface area contributed by atoms with Crippen LogP contribution < -0.4 is 9.46 Å². The number of nitrogens with one attached hydrogen (secondary N) is 1. The Bertz CT molecular complexity index is 965. The smallest absolute Gasteiger partial charge is 0.312 e. The third-order valence-electron chi connectivity index (χ3n) is 5.27. The lowest BCUT2D eigenvalue weighted by molar-refractivity contribution is -0.152. The van der Waals surface area contributed by atoms with E-state index in [9.17, 15) is 13.2 Å². The maximum absolute atomic E-state index is 13.1. The Morgan fingerprint density at radius 2 is 1.66 bits per heavy atom. The molecule has 0 spiro atoms. The van der Waals surface area contributed by atoms with E-state index in [2.05, 4.69) is 4.72 Å². The summed E-state index contributed by atoms with van der Waals surface area (Å²) in [7, 11) is -0.962. The van der Waals surface area contributed by atoms with Crippen molar-refractivity contribution in [3.63, 3.8) is 0 Å². The third kappa shape index (κ3) is 5.36. The zero-order chi connectivity index (χ0) is 21.8. The first kappa shape index (κ1) is 22.9. The van der Waals surface area contributed by atoms with Gasteiger partial charge in [0.05, 0.1) is 24.5 Å². The summed E-state index contributed by atoms with van der Waals surface area (Å²) in [4.78, 5) is 12.6. The lowest BCUT2D eigenvalue weighted by atomic mass is 9.81. The number of aryl methyl sites for hydroxylation is 2. The minimum atomic E-state index is -3.84. The molecule has 2 aromatic rings. The van der Waals surface area contributed by atoms with E-state index in [1.165, 1.54) is 7.11 Å². The molecule has 1 unspecified atom stereocenters. The first-order chi connectivity index (χ1) is 13.5. The Morgan fingerprint density at radius 1 is 1.03 bits per heavy atom. The number of carbonyl (C=O) groups is 1. The van der Waals surface area contributed by atoms with Crippen molar-refractivity contribution in [3.8, 4) is 5.75 Å². The highest BCUT2D eigenvalue weighted by molar-refractivity contribution is 7.89. The molecular formula is C22H29NO5S. The van der Waals surface area contributed by atoms with Crippen LogP contribution in [0.1, 0.15) is 30.5 Å². The minimum Gasteiger partial charge on any atom is -0.497 e. The van der Waals surface area contributed by atoms with Crippen molar-refractivity contribution in [1.82, 2.24) is 4.72 Å². The second-order valence-electron chi connectivity index (χ2n) is 7.69. The van der Waals surface area contributed by atoms with Crippen LogP contribution in [-0.4, -0.2) is 34.6 Å². The molecule has 0 amide bonds. The van der Waals surface area contributed by atoms with Crippen LogP contribution in [0, 0.1) is 19.3 Å². The number of sulfonamides is 1. The molecule has 1 N–H and O–H groups in total. The molecule has 7 heteroatoms. The standard InChI is InChI=1S/C22H29NO5S/c1-15-7-12-19(13-16(15)2)29(25,26)23-20(22(3,4)21(24)28-6)14-17-8-10-18(27-5)11-9-17/h7-13,20,23H,14H2,1-6H3. The Labute approximate surface area is 173 Å². The average Bonchev–Trinajstić information content (AvgIpc) is 2.69. The van der Waals surface area contributed by atoms with Gasteiger partial charge >= 0.3 is 5.97 Å². The molecule has 0 saturated heterocycles. The number of ether oxygens (including phenoxy) is 2. The summed E-state index contributed by atoms with van der Waals surface area (Å²) < 4.78 is 39.0. The van der Waals surface area contributed by atoms with E-state index >= 15 is 0 Å². The Morgan fingerprint density at radius 3 is 2.17 bits per heavy atom. The lowest BCUT2D eigenvalue weighted by Crippen LogP contribution is -2.50. The van der Waals surface area contributed by atoms with Gasteiger partial charge in [-0.1, -0.05) is 18.2 Å². The van der Waals surface area contributed by atoms with Gasteiger partial charge in [-0.15, -0.1) is 0 Å². The van der Waals surface area contributed by atoms with E-state index < -0.39 is 27.4 Å². The largest absolute Gasteiger partial charge is 0.497 e. The number of carbonyl (C=O) groups excluding carboxylic acids is 1. The van der Waals surface area contributed by atoms with Crippen LogP contribution in [0.5, 0.6) is 5.75 Å². The SMILES string of the molecule is COC(=O)C(C)(C)C(Cc1ccc(OC)cc1)NS(=O)(=O)c1ccc(C)c(C)c1. The van der Waals surface area contributed by atoms with Crippen LogP contribution >= 0.6 is 0 Å². The lowest BCUT2D eigenvalue weighted by Gasteiger charge is -2.32. The van der Waals surface area contributed by atoms with Gasteiger partial charge in [-0.2, -0.15) is 0 Å². The molecule has 0 saturated carbocycles. The van der Waals surface area contributed by atoms with Gasteiger partial charge in [0.15, 0.2) is 0 Å². The molecule has 0 aliphatic heterocycles. The molecule has 2 aromatic carbocycles. The molecule has 0 aromatic heterocycles. The molecule has 0 fully saturated rings. The zero-order valence-electron chi connectivity index (χ0n) is 17.8. The van der Waals surface area contributed by atoms with Crippen molar-refractivity contribution in [2.45, 2.75) is 45.1 Å². The molecule has 2 rings (SSSR count). The van der Waals surface area contributed by atoms with Gasteiger partial charge in [0.1, 0.15) is 5.75 Å². The fourth-order valence-electron chi connectivity index (χ4n) is 2.98. The topological polar surface area (TPSA) is 81.7 Å². The fourth-order valence-corrected chi connectivity index (χ4v) is 4.45. The number of hydrogen-bond acceptors (Lipinski definition) is 5. The highest BCUT2D eigenvalue weighted by atomic mass is 32.2. The Balaban J connectivity index is 2.40. The number of hydrogen-bond donors (Lipinski definition) is 1. The molecule has 0 aliphatic rings. The van der Waals surface area contributed by atoms with Crippen molar-refractivity contribution in [1.29, 1.82) is 0 Å². The van der Waals surface area contributed by atoms with Gasteiger partial charge < -0.3 is 9.47 Å². The summed E-state index contributed by atoms with van der Waals surface area (Å²) in [6.07, 6.45) is 0.316. The molecule has 0 heterocycles. The summed E-state index contributed by atoms with van der Waals surface area (Å²) >= 11 is 0. The predicted octanol–water partition coefficient (Wildman–Crippen LogP) is 3.40. The van der Waals surface area contributed by atoms with Gasteiger partial charge in [0, 0.05) is 6.04 Å². The second-order valence-corrected chi connectivity index (χ2v) is 9.40. The van der Waals surface area contributed by atoms with Crippen molar-refractivity contribution < 1.29 is 22.7 Å². The summed E-state index contributed by atoms with van der Waals surface area (Å²) in [6, 6.07) is 11.6. The molecular weight excluding hydrogens is 390 g/mol. The highest BCUT2D eigenvalue weighted by Crippen LogP contribution is 2.28. The van der Waals surface area contributed by atoms with E-state index in [0.29, 0.717) is 12.2 Å². The van der Waals surface area contributed by atoms with E-state index in [0.717, 1.165) is 16.7 Å². The zero-order valence-corrected chi connectivity index (χ0v) is 18.6. The monoisotopic (exact) mass is 419 g/mol. The quantitative estimate of drug-likeness (QED) is 0.663. The van der Waals surface area contributed by atoms with Gasteiger partial charge in [-0.25, -0.2) is 13.1 Å². The van der Waals surface area contributed by atoms with Crippen molar-refractivity contribution in [2.24, 2.45) is 5.41 Å². The van der Waals surface area contributed by atoms with Crippen LogP contribution in [0.3, 0.4) is 0 Å². The van der Waals surface area contributed by atoms with E-state index in [-0.39, 0.29) is 4.90 Å². The molecule has 158 valence electrons. The van der Waals surface area contributed by atoms with Gasteiger partial charge in [0.25, 0.3) is 0 Å². The molecule has 0 bridgehead atoms. The van der Waals surface area contributed by atoms with Crippen LogP contribution in [0.25, 0.3) is 0 Å². The number of rotatable bonds is 8. The first-order valence-electron chi connectivity index (χ1n) is 9.32. The average molecular weight is 420 g/mol. The number of methoxy groups -OCH3 is 2. The van der Waals surface area contributed by atoms with Gasteiger partial charge in [-0.3, -0.25) is 4.79 Å². The normalized spacial score (nSPS) is 13.0. The first-order valence-corrected chi connectivity index (χ1v) is 10.8. The maximum atomic E-state index is 13.1. The fraction of sp³-hybridized carbons (Fsp3) is 0.409. The van der Waals surface area contributed by atoms with Gasteiger partial charge in [-0.05, 0) is 75.1 Å². The van der Waals surface area contributed by atoms with Crippen LogP contribution in [0.15, 0.2) is 47.4 Å². The van der Waals surface area contributed by atoms with E-state index in [1.807, 2.05) is 26.0 Å². The minimum absolute atomic E-state index is 0.168. The molecule has 0 aliphatic carbocycles. The van der Waals surface area contributed by atoms with Gasteiger partial charge in [0.2, 0.25) is 10.0 Å². The van der Waals surface area contributed by atoms with E-state index in [4.69, 9.17) is 9.47 Å². The van der Waals surface area contributed by atoms with Crippen molar-refractivity contribution in [2.75, 3.05) is 14.2 Å². The Hall–Kier alpha value is -2.38. The predicted molar refractivity (Wildman–Crippen MR) is 113 cm³/mol. The second kappa shape index (κ2) is 8.97. The van der Waals surface area contributed by atoms with Crippen LogP contribution in [0.2, 0.25) is 0 Å². The van der Waals surface area contributed by atoms with E-state index in [1.54, 1.807) is 51.3 Å². The van der Waals surface area contributed by atoms with Crippen molar-refractivity contribution in [3.05, 3.63) is 59.2 Å². The third-order valence-corrected chi connectivity index (χ3v) is 6.74. The molecule has 1 atom stereocenters. The summed E-state index contributed by atoms with van der Waals surface area (Å²) in [5, 5.41) is 0. The van der Waals surface area contributed by atoms with Crippen molar-refractivity contribution >= 4 is 16.0 Å². The van der Waals surface area contributed by atoms with Crippen LogP contribution in [-0.2, 0) is 26.0 Å². The molecule has 0 radical (unpaired) electrons. The highest BCUT2D eigenvalue weighted by Gasteiger charge is 2.40. The molecule has 29 heavy (non-hydrogen) atoms. The van der Waals surface area contributed by atoms with Crippen LogP contribution in [0.4, 0.5) is 0 Å². The summed E-state index contributed by atoms with van der Waals surface area (Å²) in [5.74, 6) is 0.215. The maximum Gasteiger partial charge on any atom is 0.312 e. The molecule has 6 nitrogen and oxygen atoms in total. The summed E-state index contributed by atoms with van der Waals surface area (Å²) in [6.45, 7) is 7.14.